The molecule has 0 radical (unpaired) electrons. The smallest absolute Gasteiger partial charge is 0.236 e. The molecule has 4 heterocycles. The Labute approximate surface area is 193 Å². The van der Waals surface area contributed by atoms with E-state index in [1.165, 1.54) is 0 Å². The molecular weight excluding hydrogens is 444 g/mol. The summed E-state index contributed by atoms with van der Waals surface area (Å²) in [6, 6.07) is 7.24. The first kappa shape index (κ1) is 22.9. The third kappa shape index (κ3) is 5.57. The van der Waals surface area contributed by atoms with Gasteiger partial charge in [0.25, 0.3) is 0 Å². The lowest BCUT2D eigenvalue weighted by Crippen LogP contribution is -2.46. The van der Waals surface area contributed by atoms with Crippen molar-refractivity contribution in [3.8, 4) is 11.4 Å². The quantitative estimate of drug-likeness (QED) is 0.521. The number of anilines is 2. The zero-order chi connectivity index (χ0) is 23.4. The maximum Gasteiger partial charge on any atom is 0.236 e. The molecule has 1 saturated heterocycles. The summed E-state index contributed by atoms with van der Waals surface area (Å²) in [7, 11) is -1.83. The minimum atomic E-state index is -3.43. The number of nitrogens with one attached hydrogen (secondary N) is 1. The molecule has 0 spiro atoms. The Morgan fingerprint density at radius 1 is 1.15 bits per heavy atom. The average Bonchev–Trinajstić information content (AvgIpc) is 3.28. The van der Waals surface area contributed by atoms with E-state index >= 15 is 0 Å². The van der Waals surface area contributed by atoms with Crippen molar-refractivity contribution in [3.05, 3.63) is 48.5 Å². The van der Waals surface area contributed by atoms with Gasteiger partial charge < -0.3 is 9.64 Å². The second-order valence-electron chi connectivity index (χ2n) is 8.08. The van der Waals surface area contributed by atoms with Gasteiger partial charge in [-0.3, -0.25) is 14.6 Å². The summed E-state index contributed by atoms with van der Waals surface area (Å²) in [4.78, 5) is 13.1. The Balaban J connectivity index is 1.34. The highest BCUT2D eigenvalue weighted by Crippen LogP contribution is 2.19. The first-order valence-electron chi connectivity index (χ1n) is 10.7. The predicted octanol–water partition coefficient (Wildman–Crippen LogP) is 1.54. The fraction of sp³-hybridized carbons (Fsp3) is 0.429. The Kier molecular flexibility index (Phi) is 6.75. The van der Waals surface area contributed by atoms with Crippen LogP contribution in [0.1, 0.15) is 19.5 Å². The van der Waals surface area contributed by atoms with Crippen LogP contribution in [0.5, 0.6) is 5.75 Å². The summed E-state index contributed by atoms with van der Waals surface area (Å²) in [6.07, 6.45) is 5.25. The number of nitrogens with zero attached hydrogens (tertiary/aromatic N) is 7. The lowest BCUT2D eigenvalue weighted by atomic mass is 10.3. The SMILES string of the molecule is COc1cncc(-n2cc(CN3CCN(c4cccc(NS(=O)(=O)C(C)C)n4)CC3)nn2)c1. The van der Waals surface area contributed by atoms with Crippen LogP contribution in [0, 0.1) is 0 Å². The fourth-order valence-corrected chi connectivity index (χ4v) is 4.07. The van der Waals surface area contributed by atoms with Crippen LogP contribution in [-0.4, -0.2) is 76.8 Å². The van der Waals surface area contributed by atoms with E-state index < -0.39 is 15.3 Å². The Hall–Kier alpha value is -3.25. The number of ether oxygens (including phenoxy) is 1. The van der Waals surface area contributed by atoms with Gasteiger partial charge in [0.05, 0.1) is 42.3 Å². The molecule has 0 unspecified atom stereocenters. The number of piperazine rings is 1. The van der Waals surface area contributed by atoms with Gasteiger partial charge in [0.15, 0.2) is 0 Å². The van der Waals surface area contributed by atoms with E-state index in [-0.39, 0.29) is 0 Å². The van der Waals surface area contributed by atoms with Gasteiger partial charge in [0.1, 0.15) is 17.4 Å². The number of hydrogen-bond donors (Lipinski definition) is 1. The number of methoxy groups -OCH3 is 1. The van der Waals surface area contributed by atoms with Crippen LogP contribution in [-0.2, 0) is 16.6 Å². The van der Waals surface area contributed by atoms with Crippen molar-refractivity contribution in [3.63, 3.8) is 0 Å². The third-order valence-electron chi connectivity index (χ3n) is 5.42. The second-order valence-corrected chi connectivity index (χ2v) is 10.3. The normalized spacial score (nSPS) is 15.1. The molecule has 1 fully saturated rings. The van der Waals surface area contributed by atoms with Gasteiger partial charge in [-0.1, -0.05) is 11.3 Å². The van der Waals surface area contributed by atoms with Gasteiger partial charge in [-0.2, -0.15) is 0 Å². The van der Waals surface area contributed by atoms with Crippen LogP contribution in [0.3, 0.4) is 0 Å². The lowest BCUT2D eigenvalue weighted by Gasteiger charge is -2.35. The van der Waals surface area contributed by atoms with Crippen molar-refractivity contribution in [1.29, 1.82) is 0 Å². The minimum absolute atomic E-state index is 0.340. The molecule has 0 bridgehead atoms. The highest BCUT2D eigenvalue weighted by atomic mass is 32.2. The Morgan fingerprint density at radius 2 is 1.94 bits per heavy atom. The summed E-state index contributed by atoms with van der Waals surface area (Å²) in [5.41, 5.74) is 1.66. The Bertz CT molecular complexity index is 1190. The topological polar surface area (TPSA) is 118 Å². The summed E-state index contributed by atoms with van der Waals surface area (Å²) in [5.74, 6) is 1.76. The standard InChI is InChI=1S/C21H28N8O3S/c1-16(2)33(30,31)25-20-5-4-6-21(23-20)28-9-7-27(8-10-28)14-17-15-29(26-24-17)18-11-19(32-3)13-22-12-18/h4-6,11-13,15-16H,7-10,14H2,1-3H3,(H,23,25). The molecule has 0 atom stereocenters. The van der Waals surface area contributed by atoms with Crippen LogP contribution in [0.15, 0.2) is 42.9 Å². The first-order valence-corrected chi connectivity index (χ1v) is 12.3. The van der Waals surface area contributed by atoms with E-state index in [1.807, 2.05) is 24.4 Å². The van der Waals surface area contributed by atoms with Gasteiger partial charge in [-0.05, 0) is 26.0 Å². The maximum absolute atomic E-state index is 12.1. The van der Waals surface area contributed by atoms with Crippen LogP contribution in [0.25, 0.3) is 5.69 Å². The average molecular weight is 473 g/mol. The summed E-state index contributed by atoms with van der Waals surface area (Å²) in [5, 5.41) is 7.98. The monoisotopic (exact) mass is 472 g/mol. The molecule has 1 aliphatic heterocycles. The molecule has 0 aromatic carbocycles. The first-order chi connectivity index (χ1) is 15.8. The van der Waals surface area contributed by atoms with Crippen LogP contribution < -0.4 is 14.4 Å². The number of aromatic nitrogens is 5. The van der Waals surface area contributed by atoms with Crippen LogP contribution >= 0.6 is 0 Å². The Morgan fingerprint density at radius 3 is 2.67 bits per heavy atom. The van der Waals surface area contributed by atoms with Gasteiger partial charge in [0, 0.05) is 38.8 Å². The lowest BCUT2D eigenvalue weighted by molar-refractivity contribution is 0.246. The van der Waals surface area contributed by atoms with E-state index in [0.29, 0.717) is 18.1 Å². The molecular formula is C21H28N8O3S. The van der Waals surface area contributed by atoms with Crippen molar-refractivity contribution in [1.82, 2.24) is 29.9 Å². The molecule has 0 saturated carbocycles. The van der Waals surface area contributed by atoms with E-state index in [0.717, 1.165) is 43.4 Å². The van der Waals surface area contributed by atoms with Crippen molar-refractivity contribution >= 4 is 21.7 Å². The molecule has 0 aliphatic carbocycles. The number of sulfonamides is 1. The van der Waals surface area contributed by atoms with Crippen molar-refractivity contribution in [2.75, 3.05) is 42.9 Å². The van der Waals surface area contributed by atoms with Crippen molar-refractivity contribution in [2.45, 2.75) is 25.6 Å². The molecule has 33 heavy (non-hydrogen) atoms. The summed E-state index contributed by atoms with van der Waals surface area (Å²) >= 11 is 0. The summed E-state index contributed by atoms with van der Waals surface area (Å²) in [6.45, 7) is 7.18. The number of pyridine rings is 2. The molecule has 3 aromatic rings. The van der Waals surface area contributed by atoms with E-state index in [4.69, 9.17) is 4.74 Å². The molecule has 12 heteroatoms. The van der Waals surface area contributed by atoms with E-state index in [2.05, 4.69) is 34.8 Å². The molecule has 1 aliphatic rings. The fourth-order valence-electron chi connectivity index (χ4n) is 3.43. The van der Waals surface area contributed by atoms with Crippen molar-refractivity contribution < 1.29 is 13.2 Å². The zero-order valence-electron chi connectivity index (χ0n) is 18.9. The van der Waals surface area contributed by atoms with E-state index in [9.17, 15) is 8.42 Å². The number of hydrogen-bond acceptors (Lipinski definition) is 9. The highest BCUT2D eigenvalue weighted by molar-refractivity contribution is 7.93. The van der Waals surface area contributed by atoms with Crippen LogP contribution in [0.4, 0.5) is 11.6 Å². The minimum Gasteiger partial charge on any atom is -0.495 e. The molecule has 1 N–H and O–H groups in total. The van der Waals surface area contributed by atoms with Gasteiger partial charge in [-0.25, -0.2) is 18.1 Å². The van der Waals surface area contributed by atoms with Gasteiger partial charge in [-0.15, -0.1) is 5.10 Å². The predicted molar refractivity (Wildman–Crippen MR) is 125 cm³/mol. The van der Waals surface area contributed by atoms with Crippen LogP contribution in [0.2, 0.25) is 0 Å². The highest BCUT2D eigenvalue weighted by Gasteiger charge is 2.21. The van der Waals surface area contributed by atoms with Gasteiger partial charge in [0.2, 0.25) is 10.0 Å². The zero-order valence-corrected chi connectivity index (χ0v) is 19.7. The van der Waals surface area contributed by atoms with E-state index in [1.54, 1.807) is 44.1 Å². The number of rotatable bonds is 8. The second kappa shape index (κ2) is 9.71. The molecule has 11 nitrogen and oxygen atoms in total. The molecule has 3 aromatic heterocycles. The molecule has 4 rings (SSSR count). The van der Waals surface area contributed by atoms with Gasteiger partial charge >= 0.3 is 0 Å². The molecule has 0 amide bonds. The molecule has 176 valence electrons. The largest absolute Gasteiger partial charge is 0.495 e. The third-order valence-corrected chi connectivity index (χ3v) is 7.16. The van der Waals surface area contributed by atoms with Crippen molar-refractivity contribution in [2.24, 2.45) is 0 Å². The maximum atomic E-state index is 12.1. The summed E-state index contributed by atoms with van der Waals surface area (Å²) < 4.78 is 33.7.